The second-order valence-corrected chi connectivity index (χ2v) is 5.75. The highest BCUT2D eigenvalue weighted by Crippen LogP contribution is 2.20. The highest BCUT2D eigenvalue weighted by atomic mass is 32.1. The van der Waals surface area contributed by atoms with Gasteiger partial charge in [-0.2, -0.15) is 0 Å². The van der Waals surface area contributed by atoms with Crippen LogP contribution in [0.1, 0.15) is 31.7 Å². The van der Waals surface area contributed by atoms with Gasteiger partial charge in [0.15, 0.2) is 17.7 Å². The number of halogens is 1. The van der Waals surface area contributed by atoms with Crippen LogP contribution in [0.25, 0.3) is 0 Å². The van der Waals surface area contributed by atoms with E-state index in [4.69, 9.17) is 4.74 Å². The quantitative estimate of drug-likeness (QED) is 0.848. The number of para-hydroxylation sites is 1. The summed E-state index contributed by atoms with van der Waals surface area (Å²) in [4.78, 5) is 12.2. The van der Waals surface area contributed by atoms with E-state index >= 15 is 0 Å². The Bertz CT molecular complexity index is 633. The lowest BCUT2D eigenvalue weighted by molar-refractivity contribution is -0.122. The van der Waals surface area contributed by atoms with Crippen molar-refractivity contribution >= 4 is 22.4 Å². The minimum absolute atomic E-state index is 0.0634. The van der Waals surface area contributed by atoms with Gasteiger partial charge in [0.1, 0.15) is 5.01 Å². The first-order valence-electron chi connectivity index (χ1n) is 7.18. The third-order valence-electron chi connectivity index (χ3n) is 2.93. The van der Waals surface area contributed by atoms with Crippen LogP contribution in [0, 0.1) is 5.82 Å². The van der Waals surface area contributed by atoms with E-state index in [1.165, 1.54) is 23.5 Å². The number of aromatic nitrogens is 2. The van der Waals surface area contributed by atoms with Gasteiger partial charge in [-0.3, -0.25) is 10.1 Å². The van der Waals surface area contributed by atoms with E-state index in [2.05, 4.69) is 22.4 Å². The van der Waals surface area contributed by atoms with Gasteiger partial charge in [-0.25, -0.2) is 4.39 Å². The minimum Gasteiger partial charge on any atom is -0.478 e. The van der Waals surface area contributed by atoms with Gasteiger partial charge in [0.05, 0.1) is 0 Å². The van der Waals surface area contributed by atoms with Crippen LogP contribution < -0.4 is 10.1 Å². The molecule has 1 amide bonds. The second-order valence-electron chi connectivity index (χ2n) is 4.69. The molecule has 1 atom stereocenters. The number of carbonyl (C=O) groups is 1. The van der Waals surface area contributed by atoms with Crippen LogP contribution in [0.2, 0.25) is 0 Å². The summed E-state index contributed by atoms with van der Waals surface area (Å²) in [5.41, 5.74) is 0. The first-order valence-corrected chi connectivity index (χ1v) is 8.00. The summed E-state index contributed by atoms with van der Waals surface area (Å²) < 4.78 is 19.0. The van der Waals surface area contributed by atoms with Crippen molar-refractivity contribution in [1.82, 2.24) is 10.2 Å². The molecule has 0 aliphatic heterocycles. The number of nitrogens with zero attached hydrogens (tertiary/aromatic N) is 2. The topological polar surface area (TPSA) is 64.1 Å². The summed E-state index contributed by atoms with van der Waals surface area (Å²) >= 11 is 1.34. The van der Waals surface area contributed by atoms with Crippen LogP contribution in [0.3, 0.4) is 0 Å². The van der Waals surface area contributed by atoms with Crippen LogP contribution in [-0.4, -0.2) is 22.2 Å². The standard InChI is InChI=1S/C15H18FN3O2S/c1-3-7-13-18-19-15(22-13)17-14(20)11(4-2)21-12-9-6-5-8-10(12)16/h5-6,8-9,11H,3-4,7H2,1-2H3,(H,17,19,20)/t11-/m0/s1. The third kappa shape index (κ3) is 4.24. The number of hydrogen-bond donors (Lipinski definition) is 1. The number of amides is 1. The number of aryl methyl sites for hydroxylation is 1. The van der Waals surface area contributed by atoms with Crippen molar-refractivity contribution in [3.63, 3.8) is 0 Å². The number of anilines is 1. The van der Waals surface area contributed by atoms with Crippen LogP contribution in [-0.2, 0) is 11.2 Å². The van der Waals surface area contributed by atoms with Gasteiger partial charge in [0.2, 0.25) is 5.13 Å². The molecule has 118 valence electrons. The Morgan fingerprint density at radius 2 is 2.14 bits per heavy atom. The monoisotopic (exact) mass is 323 g/mol. The molecule has 2 aromatic rings. The summed E-state index contributed by atoms with van der Waals surface area (Å²) in [6, 6.07) is 6.02. The summed E-state index contributed by atoms with van der Waals surface area (Å²) in [5, 5.41) is 11.9. The zero-order chi connectivity index (χ0) is 15.9. The van der Waals surface area contributed by atoms with E-state index in [9.17, 15) is 9.18 Å². The van der Waals surface area contributed by atoms with Crippen molar-refractivity contribution in [3.8, 4) is 5.75 Å². The molecule has 0 bridgehead atoms. The van der Waals surface area contributed by atoms with Gasteiger partial charge in [0, 0.05) is 6.42 Å². The molecule has 0 saturated heterocycles. The smallest absolute Gasteiger partial charge is 0.267 e. The lowest BCUT2D eigenvalue weighted by Crippen LogP contribution is -2.32. The first kappa shape index (κ1) is 16.4. The number of ether oxygens (including phenoxy) is 1. The Hall–Kier alpha value is -2.02. The Labute approximate surface area is 132 Å². The van der Waals surface area contributed by atoms with Gasteiger partial charge < -0.3 is 4.74 Å². The largest absolute Gasteiger partial charge is 0.478 e. The molecule has 0 fully saturated rings. The Morgan fingerprint density at radius 3 is 2.82 bits per heavy atom. The van der Waals surface area contributed by atoms with E-state index in [-0.39, 0.29) is 11.7 Å². The maximum Gasteiger partial charge on any atom is 0.267 e. The fourth-order valence-electron chi connectivity index (χ4n) is 1.82. The maximum atomic E-state index is 13.6. The van der Waals surface area contributed by atoms with Gasteiger partial charge in [-0.05, 0) is 25.0 Å². The number of benzene rings is 1. The summed E-state index contributed by atoms with van der Waals surface area (Å²) in [5.74, 6) is -0.784. The van der Waals surface area contributed by atoms with E-state index in [1.807, 2.05) is 0 Å². The summed E-state index contributed by atoms with van der Waals surface area (Å²) in [6.45, 7) is 3.85. The average Bonchev–Trinajstić information content (AvgIpc) is 2.94. The SMILES string of the molecule is CCCc1nnc(NC(=O)[C@H](CC)Oc2ccccc2F)s1. The molecule has 0 aliphatic rings. The molecule has 0 aliphatic carbocycles. The van der Waals surface area contributed by atoms with Crippen molar-refractivity contribution in [2.24, 2.45) is 0 Å². The van der Waals surface area contributed by atoms with Crippen molar-refractivity contribution in [2.45, 2.75) is 39.2 Å². The average molecular weight is 323 g/mol. The Kier molecular flexibility index (Phi) is 5.83. The molecule has 1 aromatic carbocycles. The third-order valence-corrected chi connectivity index (χ3v) is 3.83. The van der Waals surface area contributed by atoms with E-state index in [0.29, 0.717) is 11.6 Å². The first-order chi connectivity index (χ1) is 10.6. The Morgan fingerprint density at radius 1 is 1.36 bits per heavy atom. The molecule has 1 heterocycles. The molecule has 0 radical (unpaired) electrons. The fourth-order valence-corrected chi connectivity index (χ4v) is 2.67. The van der Waals surface area contributed by atoms with Crippen LogP contribution in [0.5, 0.6) is 5.75 Å². The highest BCUT2D eigenvalue weighted by molar-refractivity contribution is 7.15. The summed E-state index contributed by atoms with van der Waals surface area (Å²) in [6.07, 6.45) is 1.43. The van der Waals surface area contributed by atoms with Crippen molar-refractivity contribution in [2.75, 3.05) is 5.32 Å². The highest BCUT2D eigenvalue weighted by Gasteiger charge is 2.21. The van der Waals surface area contributed by atoms with Crippen LogP contribution in [0.15, 0.2) is 24.3 Å². The van der Waals surface area contributed by atoms with Crippen molar-refractivity contribution in [3.05, 3.63) is 35.1 Å². The molecule has 0 unspecified atom stereocenters. The second kappa shape index (κ2) is 7.84. The van der Waals surface area contributed by atoms with E-state index in [1.54, 1.807) is 19.1 Å². The number of rotatable bonds is 7. The minimum atomic E-state index is -0.782. The molecule has 2 rings (SSSR count). The van der Waals surface area contributed by atoms with Gasteiger partial charge in [0.25, 0.3) is 5.91 Å². The van der Waals surface area contributed by atoms with Gasteiger partial charge >= 0.3 is 0 Å². The van der Waals surface area contributed by atoms with Crippen molar-refractivity contribution in [1.29, 1.82) is 0 Å². The maximum absolute atomic E-state index is 13.6. The zero-order valence-electron chi connectivity index (χ0n) is 12.5. The molecule has 22 heavy (non-hydrogen) atoms. The predicted octanol–water partition coefficient (Wildman–Crippen LogP) is 3.43. The molecule has 1 N–H and O–H groups in total. The molecule has 1 aromatic heterocycles. The molecular formula is C15H18FN3O2S. The zero-order valence-corrected chi connectivity index (χ0v) is 13.3. The fraction of sp³-hybridized carbons (Fsp3) is 0.400. The molecule has 5 nitrogen and oxygen atoms in total. The lowest BCUT2D eigenvalue weighted by Gasteiger charge is -2.16. The van der Waals surface area contributed by atoms with E-state index < -0.39 is 11.9 Å². The van der Waals surface area contributed by atoms with E-state index in [0.717, 1.165) is 17.8 Å². The van der Waals surface area contributed by atoms with Crippen LogP contribution in [0.4, 0.5) is 9.52 Å². The number of nitrogens with one attached hydrogen (secondary N) is 1. The van der Waals surface area contributed by atoms with Gasteiger partial charge in [-0.15, -0.1) is 10.2 Å². The van der Waals surface area contributed by atoms with Gasteiger partial charge in [-0.1, -0.05) is 37.3 Å². The lowest BCUT2D eigenvalue weighted by atomic mass is 10.2. The van der Waals surface area contributed by atoms with Crippen LogP contribution >= 0.6 is 11.3 Å². The normalized spacial score (nSPS) is 12.0. The Balaban J connectivity index is 2.00. The number of carbonyl (C=O) groups excluding carboxylic acids is 1. The van der Waals surface area contributed by atoms with Crippen molar-refractivity contribution < 1.29 is 13.9 Å². The molecule has 7 heteroatoms. The predicted molar refractivity (Wildman–Crippen MR) is 83.6 cm³/mol. The molecule has 0 saturated carbocycles. The molecular weight excluding hydrogens is 305 g/mol. The number of hydrogen-bond acceptors (Lipinski definition) is 5. The summed E-state index contributed by atoms with van der Waals surface area (Å²) in [7, 11) is 0. The molecule has 0 spiro atoms.